The maximum atomic E-state index is 5.68. The first-order valence-corrected chi connectivity index (χ1v) is 24.7. The summed E-state index contributed by atoms with van der Waals surface area (Å²) in [7, 11) is 0. The van der Waals surface area contributed by atoms with Crippen LogP contribution in [0.1, 0.15) is 25.0 Å². The van der Waals surface area contributed by atoms with Gasteiger partial charge in [0.15, 0.2) is 0 Å². The fraction of sp³-hybridized carbons (Fsp3) is 0.0545. The Morgan fingerprint density at radius 2 is 1.05 bits per heavy atom. The van der Waals surface area contributed by atoms with Gasteiger partial charge in [0.2, 0.25) is 0 Å². The molecule has 4 heteroatoms. The molecule has 1 aliphatic heterocycles. The molecule has 3 nitrogen and oxygen atoms in total. The van der Waals surface area contributed by atoms with E-state index in [4.69, 9.17) is 9.97 Å². The first-order valence-electron chi connectivity index (χ1n) is 20.5. The first-order chi connectivity index (χ1) is 29.0. The fourth-order valence-electron chi connectivity index (χ4n) is 10.5. The predicted molar refractivity (Wildman–Crippen MR) is 247 cm³/mol. The number of hydrogen-bond acceptors (Lipinski definition) is 2. The van der Waals surface area contributed by atoms with Crippen LogP contribution in [-0.2, 0) is 5.41 Å². The van der Waals surface area contributed by atoms with Gasteiger partial charge in [-0.05, 0) is 5.56 Å². The molecule has 8 aromatic carbocycles. The van der Waals surface area contributed by atoms with Crippen molar-refractivity contribution >= 4 is 52.7 Å². The van der Waals surface area contributed by atoms with Crippen LogP contribution < -0.4 is 17.6 Å². The predicted octanol–water partition coefficient (Wildman–Crippen LogP) is 10.6. The van der Waals surface area contributed by atoms with E-state index in [1.165, 1.54) is 67.2 Å². The molecule has 1 aliphatic carbocycles. The van der Waals surface area contributed by atoms with Crippen LogP contribution in [0.3, 0.4) is 0 Å². The second kappa shape index (κ2) is 12.8. The monoisotopic (exact) mass is 815 g/mol. The van der Waals surface area contributed by atoms with Crippen LogP contribution in [0.4, 0.5) is 0 Å². The zero-order valence-electron chi connectivity index (χ0n) is 32.9. The van der Waals surface area contributed by atoms with Crippen molar-refractivity contribution in [3.8, 4) is 50.7 Å². The van der Waals surface area contributed by atoms with Gasteiger partial charge in [0, 0.05) is 5.41 Å². The van der Waals surface area contributed by atoms with E-state index in [-0.39, 0.29) is 5.41 Å². The third kappa shape index (κ3) is 4.83. The van der Waals surface area contributed by atoms with E-state index in [0.717, 1.165) is 34.0 Å². The van der Waals surface area contributed by atoms with Crippen LogP contribution >= 0.6 is 0 Å². The number of para-hydroxylation sites is 1. The summed E-state index contributed by atoms with van der Waals surface area (Å²) in [5.41, 5.74) is 14.2. The molecule has 0 spiro atoms. The molecule has 0 bridgehead atoms. The average Bonchev–Trinajstić information content (AvgIpc) is 3.87. The Balaban J connectivity index is 1.12. The summed E-state index contributed by atoms with van der Waals surface area (Å²) in [5, 5.41) is 2.52. The summed E-state index contributed by atoms with van der Waals surface area (Å²) in [4.78, 5) is 11.3. The van der Waals surface area contributed by atoms with E-state index in [9.17, 15) is 0 Å². The summed E-state index contributed by atoms with van der Waals surface area (Å²) < 4.78 is 7.90. The molecule has 3 heterocycles. The molecule has 10 aromatic rings. The molecule has 12 rings (SSSR count). The van der Waals surface area contributed by atoms with Crippen molar-refractivity contribution in [2.24, 2.45) is 0 Å². The Morgan fingerprint density at radius 3 is 1.81 bits per heavy atom. The molecule has 0 amide bonds. The van der Waals surface area contributed by atoms with Gasteiger partial charge in [0.1, 0.15) is 0 Å². The molecule has 2 aliphatic rings. The molecule has 0 unspecified atom stereocenters. The number of nitrogens with zero attached hydrogens (tertiary/aromatic N) is 3. The van der Waals surface area contributed by atoms with E-state index in [2.05, 4.69) is 219 Å². The molecule has 0 radical (unpaired) electrons. The van der Waals surface area contributed by atoms with Gasteiger partial charge in [0.25, 0.3) is 0 Å². The van der Waals surface area contributed by atoms with Crippen molar-refractivity contribution in [1.29, 1.82) is 0 Å². The van der Waals surface area contributed by atoms with Crippen LogP contribution in [0.2, 0.25) is 0 Å². The third-order valence-corrected chi connectivity index (χ3v) is 23.3. The number of benzene rings is 8. The maximum absolute atomic E-state index is 5.68. The van der Waals surface area contributed by atoms with Crippen LogP contribution in [-0.4, -0.2) is 27.8 Å². The molecule has 59 heavy (non-hydrogen) atoms. The standard InChI is InChI=1S/C55H39GeN3/c1-55(2)46-30-15-12-27-41(46)44-35-50-45(34-47(44)55)42-28-14-17-32-49(42)59(50)40-26-18-21-37(33-40)54-57-52(36-19-6-3-7-20-36)51-53(58-54)43-29-13-16-31-48(43)56(51,38-22-8-4-9-23-38)39-24-10-5-11-25-39/h3-35H,1-2H3. The van der Waals surface area contributed by atoms with Crippen molar-refractivity contribution in [3.63, 3.8) is 0 Å². The molecule has 278 valence electrons. The zero-order valence-corrected chi connectivity index (χ0v) is 35.0. The van der Waals surface area contributed by atoms with Gasteiger partial charge >= 0.3 is 299 Å². The average molecular weight is 815 g/mol. The normalized spacial score (nSPS) is 14.2. The van der Waals surface area contributed by atoms with Gasteiger partial charge in [-0.1, -0.05) is 38.1 Å². The second-order valence-electron chi connectivity index (χ2n) is 16.5. The molecule has 0 fully saturated rings. The van der Waals surface area contributed by atoms with Crippen molar-refractivity contribution < 1.29 is 0 Å². The van der Waals surface area contributed by atoms with E-state index in [1.54, 1.807) is 0 Å². The number of rotatable bonds is 5. The Kier molecular flexibility index (Phi) is 7.45. The van der Waals surface area contributed by atoms with E-state index < -0.39 is 13.3 Å². The van der Waals surface area contributed by atoms with Gasteiger partial charge in [-0.15, -0.1) is 0 Å². The summed E-state index contributed by atoms with van der Waals surface area (Å²) in [5.74, 6) is 0.732. The van der Waals surface area contributed by atoms with Gasteiger partial charge < -0.3 is 0 Å². The Morgan fingerprint density at radius 1 is 0.441 bits per heavy atom. The number of hydrogen-bond donors (Lipinski definition) is 0. The van der Waals surface area contributed by atoms with Crippen LogP contribution in [0.25, 0.3) is 72.5 Å². The van der Waals surface area contributed by atoms with Crippen molar-refractivity contribution in [2.75, 3.05) is 0 Å². The quantitative estimate of drug-likeness (QED) is 0.162. The summed E-state index contributed by atoms with van der Waals surface area (Å²) in [6.45, 7) is 4.72. The molecule has 0 atom stereocenters. The van der Waals surface area contributed by atoms with Crippen LogP contribution in [0, 0.1) is 0 Å². The van der Waals surface area contributed by atoms with Gasteiger partial charge in [-0.2, -0.15) is 0 Å². The number of fused-ring (bicyclic) bond motifs is 9. The van der Waals surface area contributed by atoms with Crippen molar-refractivity contribution in [2.45, 2.75) is 19.3 Å². The van der Waals surface area contributed by atoms with Crippen LogP contribution in [0.5, 0.6) is 0 Å². The Labute approximate surface area is 346 Å². The fourth-order valence-corrected chi connectivity index (χ4v) is 21.5. The van der Waals surface area contributed by atoms with E-state index in [1.807, 2.05) is 0 Å². The van der Waals surface area contributed by atoms with E-state index in [0.29, 0.717) is 0 Å². The van der Waals surface area contributed by atoms with Gasteiger partial charge in [-0.3, -0.25) is 0 Å². The molecule has 2 aromatic heterocycles. The van der Waals surface area contributed by atoms with Crippen LogP contribution in [0.15, 0.2) is 200 Å². The number of aromatic nitrogens is 3. The topological polar surface area (TPSA) is 30.7 Å². The minimum absolute atomic E-state index is 0.0777. The molecular weight excluding hydrogens is 775 g/mol. The zero-order chi connectivity index (χ0) is 39.3. The molecule has 0 saturated heterocycles. The van der Waals surface area contributed by atoms with Gasteiger partial charge in [-0.25, -0.2) is 0 Å². The van der Waals surface area contributed by atoms with Crippen molar-refractivity contribution in [3.05, 3.63) is 211 Å². The SMILES string of the molecule is CC1(C)c2ccccc2-c2cc3c(cc21)c1ccccc1n3-c1cccc(-c2nc(-c3ccccc3)[c]3c(n2)-c2cccc[c]2[Ge]3([c]2ccccc2)[c]2ccccc2)c1. The van der Waals surface area contributed by atoms with Crippen molar-refractivity contribution in [1.82, 2.24) is 14.5 Å². The third-order valence-electron chi connectivity index (χ3n) is 13.1. The second-order valence-corrected chi connectivity index (χ2v) is 24.3. The molecule has 0 N–H and O–H groups in total. The summed E-state index contributed by atoms with van der Waals surface area (Å²) >= 11 is -3.65. The Hall–Kier alpha value is -6.82. The molecular formula is C55H39GeN3. The summed E-state index contributed by atoms with van der Waals surface area (Å²) in [6.07, 6.45) is 0. The Bertz CT molecular complexity index is 3250. The van der Waals surface area contributed by atoms with Gasteiger partial charge in [0.05, 0.1) is 0 Å². The molecule has 0 saturated carbocycles. The summed E-state index contributed by atoms with van der Waals surface area (Å²) in [6, 6.07) is 73.7. The minimum atomic E-state index is -3.65. The van der Waals surface area contributed by atoms with E-state index >= 15 is 0 Å². The first kappa shape index (κ1) is 34.2.